The van der Waals surface area contributed by atoms with Crippen molar-refractivity contribution in [2.24, 2.45) is 11.7 Å². The summed E-state index contributed by atoms with van der Waals surface area (Å²) in [6, 6.07) is 0. The quantitative estimate of drug-likeness (QED) is 0.822. The number of hydrogen-bond acceptors (Lipinski definition) is 4. The third-order valence-electron chi connectivity index (χ3n) is 2.41. The van der Waals surface area contributed by atoms with E-state index < -0.39 is 0 Å². The number of amides is 1. The van der Waals surface area contributed by atoms with Crippen molar-refractivity contribution in [3.05, 3.63) is 10.6 Å². The van der Waals surface area contributed by atoms with Crippen LogP contribution in [-0.4, -0.2) is 17.4 Å². The van der Waals surface area contributed by atoms with Crippen LogP contribution >= 0.6 is 11.3 Å². The number of thiazole rings is 1. The van der Waals surface area contributed by atoms with Crippen molar-refractivity contribution < 1.29 is 4.79 Å². The van der Waals surface area contributed by atoms with Gasteiger partial charge in [-0.15, -0.1) is 11.3 Å². The second-order valence-electron chi connectivity index (χ2n) is 3.49. The van der Waals surface area contributed by atoms with Crippen molar-refractivity contribution in [1.29, 1.82) is 0 Å². The minimum Gasteiger partial charge on any atom is -0.330 e. The van der Waals surface area contributed by atoms with E-state index in [1.807, 2.05) is 20.8 Å². The Labute approximate surface area is 93.9 Å². The summed E-state index contributed by atoms with van der Waals surface area (Å²) in [5, 5.41) is 3.46. The molecule has 1 aromatic rings. The SMILES string of the molecule is CCC(CN)C(=O)Nc1nc(C)c(C)s1. The van der Waals surface area contributed by atoms with Crippen molar-refractivity contribution in [3.63, 3.8) is 0 Å². The predicted molar refractivity (Wildman–Crippen MR) is 63.1 cm³/mol. The van der Waals surface area contributed by atoms with Gasteiger partial charge in [-0.2, -0.15) is 0 Å². The standard InChI is InChI=1S/C10H17N3OS/c1-4-8(5-11)9(14)13-10-12-6(2)7(3)15-10/h8H,4-5,11H2,1-3H3,(H,12,13,14). The van der Waals surface area contributed by atoms with E-state index in [1.165, 1.54) is 11.3 Å². The van der Waals surface area contributed by atoms with E-state index in [1.54, 1.807) is 0 Å². The average Bonchev–Trinajstić information content (AvgIpc) is 2.47. The van der Waals surface area contributed by atoms with Gasteiger partial charge in [0.2, 0.25) is 5.91 Å². The van der Waals surface area contributed by atoms with Gasteiger partial charge in [0.25, 0.3) is 0 Å². The van der Waals surface area contributed by atoms with Gasteiger partial charge in [-0.1, -0.05) is 6.92 Å². The van der Waals surface area contributed by atoms with Crippen LogP contribution < -0.4 is 11.1 Å². The van der Waals surface area contributed by atoms with Gasteiger partial charge >= 0.3 is 0 Å². The zero-order chi connectivity index (χ0) is 11.4. The van der Waals surface area contributed by atoms with E-state index in [0.717, 1.165) is 17.0 Å². The van der Waals surface area contributed by atoms with E-state index >= 15 is 0 Å². The topological polar surface area (TPSA) is 68.0 Å². The van der Waals surface area contributed by atoms with Crippen molar-refractivity contribution in [1.82, 2.24) is 4.98 Å². The van der Waals surface area contributed by atoms with Gasteiger partial charge < -0.3 is 11.1 Å². The Kier molecular flexibility index (Phi) is 4.23. The molecule has 84 valence electrons. The first-order chi connectivity index (χ1) is 7.08. The van der Waals surface area contributed by atoms with Crippen LogP contribution in [-0.2, 0) is 4.79 Å². The lowest BCUT2D eigenvalue weighted by Gasteiger charge is -2.10. The smallest absolute Gasteiger partial charge is 0.230 e. The molecule has 1 unspecified atom stereocenters. The summed E-state index contributed by atoms with van der Waals surface area (Å²) in [5.41, 5.74) is 6.46. The number of hydrogen-bond donors (Lipinski definition) is 2. The second-order valence-corrected chi connectivity index (χ2v) is 4.69. The maximum absolute atomic E-state index is 11.7. The number of anilines is 1. The summed E-state index contributed by atoms with van der Waals surface area (Å²) in [5.74, 6) is -0.150. The van der Waals surface area contributed by atoms with Crippen molar-refractivity contribution in [2.75, 3.05) is 11.9 Å². The number of carbonyl (C=O) groups is 1. The molecule has 1 amide bonds. The molecule has 0 saturated carbocycles. The minimum absolute atomic E-state index is 0.0336. The third-order valence-corrected chi connectivity index (χ3v) is 3.40. The summed E-state index contributed by atoms with van der Waals surface area (Å²) in [7, 11) is 0. The molecule has 15 heavy (non-hydrogen) atoms. The molecular formula is C10H17N3OS. The number of nitrogens with one attached hydrogen (secondary N) is 1. The van der Waals surface area contributed by atoms with Gasteiger partial charge in [0.15, 0.2) is 5.13 Å². The van der Waals surface area contributed by atoms with E-state index in [4.69, 9.17) is 5.73 Å². The molecule has 0 spiro atoms. The Hall–Kier alpha value is -0.940. The first-order valence-corrected chi connectivity index (χ1v) is 5.85. The van der Waals surface area contributed by atoms with Crippen molar-refractivity contribution in [2.45, 2.75) is 27.2 Å². The number of nitrogens with two attached hydrogens (primary N) is 1. The summed E-state index contributed by atoms with van der Waals surface area (Å²) in [6.07, 6.45) is 0.756. The normalized spacial score (nSPS) is 12.5. The highest BCUT2D eigenvalue weighted by molar-refractivity contribution is 7.15. The van der Waals surface area contributed by atoms with Gasteiger partial charge in [-0.05, 0) is 20.3 Å². The van der Waals surface area contributed by atoms with E-state index in [2.05, 4.69) is 10.3 Å². The fourth-order valence-corrected chi connectivity index (χ4v) is 2.01. The van der Waals surface area contributed by atoms with E-state index in [9.17, 15) is 4.79 Å². The van der Waals surface area contributed by atoms with Crippen LogP contribution in [0.4, 0.5) is 5.13 Å². The van der Waals surface area contributed by atoms with Crippen LogP contribution in [0.2, 0.25) is 0 Å². The highest BCUT2D eigenvalue weighted by atomic mass is 32.1. The molecule has 0 aliphatic heterocycles. The predicted octanol–water partition coefficient (Wildman–Crippen LogP) is 1.68. The molecule has 0 fully saturated rings. The molecule has 0 radical (unpaired) electrons. The molecule has 1 atom stereocenters. The molecule has 5 heteroatoms. The Bertz CT molecular complexity index is 325. The van der Waals surface area contributed by atoms with Crippen LogP contribution in [0.25, 0.3) is 0 Å². The van der Waals surface area contributed by atoms with Crippen LogP contribution in [0.5, 0.6) is 0 Å². The highest BCUT2D eigenvalue weighted by Crippen LogP contribution is 2.21. The summed E-state index contributed by atoms with van der Waals surface area (Å²) >= 11 is 1.50. The van der Waals surface area contributed by atoms with Gasteiger partial charge in [-0.3, -0.25) is 4.79 Å². The second kappa shape index (κ2) is 5.23. The number of nitrogens with zero attached hydrogens (tertiary/aromatic N) is 1. The van der Waals surface area contributed by atoms with E-state index in [-0.39, 0.29) is 11.8 Å². The molecule has 0 bridgehead atoms. The molecule has 0 saturated heterocycles. The largest absolute Gasteiger partial charge is 0.330 e. The monoisotopic (exact) mass is 227 g/mol. The summed E-state index contributed by atoms with van der Waals surface area (Å²) < 4.78 is 0. The van der Waals surface area contributed by atoms with Crippen LogP contribution in [0.15, 0.2) is 0 Å². The average molecular weight is 227 g/mol. The van der Waals surface area contributed by atoms with Crippen molar-refractivity contribution in [3.8, 4) is 0 Å². The summed E-state index contributed by atoms with van der Waals surface area (Å²) in [4.78, 5) is 17.0. The van der Waals surface area contributed by atoms with Crippen LogP contribution in [0, 0.1) is 19.8 Å². The number of carbonyl (C=O) groups excluding carboxylic acids is 1. The van der Waals surface area contributed by atoms with Crippen molar-refractivity contribution >= 4 is 22.4 Å². The maximum atomic E-state index is 11.7. The van der Waals surface area contributed by atoms with Gasteiger partial charge in [0.1, 0.15) is 0 Å². The number of rotatable bonds is 4. The van der Waals surface area contributed by atoms with Gasteiger partial charge in [-0.25, -0.2) is 4.98 Å². The zero-order valence-electron chi connectivity index (χ0n) is 9.33. The fraction of sp³-hybridized carbons (Fsp3) is 0.600. The lowest BCUT2D eigenvalue weighted by Crippen LogP contribution is -2.28. The van der Waals surface area contributed by atoms with Gasteiger partial charge in [0, 0.05) is 11.4 Å². The Morgan fingerprint density at radius 3 is 2.67 bits per heavy atom. The maximum Gasteiger partial charge on any atom is 0.230 e. The highest BCUT2D eigenvalue weighted by Gasteiger charge is 2.16. The van der Waals surface area contributed by atoms with Gasteiger partial charge in [0.05, 0.1) is 11.6 Å². The lowest BCUT2D eigenvalue weighted by atomic mass is 10.1. The zero-order valence-corrected chi connectivity index (χ0v) is 10.1. The molecule has 3 N–H and O–H groups in total. The number of aromatic nitrogens is 1. The Balaban J connectivity index is 2.65. The molecule has 1 aromatic heterocycles. The first-order valence-electron chi connectivity index (χ1n) is 5.03. The fourth-order valence-electron chi connectivity index (χ4n) is 1.19. The Morgan fingerprint density at radius 1 is 1.60 bits per heavy atom. The van der Waals surface area contributed by atoms with Crippen LogP contribution in [0.3, 0.4) is 0 Å². The first kappa shape index (κ1) is 12.1. The molecule has 1 rings (SSSR count). The number of aryl methyl sites for hydroxylation is 2. The molecule has 0 aromatic carbocycles. The third kappa shape index (κ3) is 3.00. The molecule has 4 nitrogen and oxygen atoms in total. The molecular weight excluding hydrogens is 210 g/mol. The Morgan fingerprint density at radius 2 is 2.27 bits per heavy atom. The molecule has 0 aliphatic rings. The lowest BCUT2D eigenvalue weighted by molar-refractivity contribution is -0.119. The summed E-state index contributed by atoms with van der Waals surface area (Å²) in [6.45, 7) is 6.26. The van der Waals surface area contributed by atoms with E-state index in [0.29, 0.717) is 11.7 Å². The van der Waals surface area contributed by atoms with Crippen LogP contribution in [0.1, 0.15) is 23.9 Å². The molecule has 0 aliphatic carbocycles. The molecule has 1 heterocycles. The minimum atomic E-state index is -0.116.